The summed E-state index contributed by atoms with van der Waals surface area (Å²) in [6.07, 6.45) is 54.4. The van der Waals surface area contributed by atoms with Crippen LogP contribution in [0.5, 0.6) is 0 Å². The fourth-order valence-electron chi connectivity index (χ4n) is 7.53. The Balaban J connectivity index is 3.62. The van der Waals surface area contributed by atoms with E-state index in [1.54, 1.807) is 0 Å². The molecule has 0 aliphatic heterocycles. The second-order valence-electron chi connectivity index (χ2n) is 16.7. The maximum Gasteiger partial charge on any atom is 0.220 e. The van der Waals surface area contributed by atoms with Crippen LogP contribution in [0.3, 0.4) is 0 Å². The lowest BCUT2D eigenvalue weighted by atomic mass is 10.0. The molecule has 4 N–H and O–H groups in total. The number of aliphatic hydroxyl groups excluding tert-OH is 3. The molecule has 0 aliphatic carbocycles. The molecular formula is C49H95NO4. The molecule has 0 aromatic heterocycles. The Labute approximate surface area is 337 Å². The average molecular weight is 762 g/mol. The van der Waals surface area contributed by atoms with Crippen molar-refractivity contribution in [2.75, 3.05) is 6.61 Å². The second-order valence-corrected chi connectivity index (χ2v) is 16.7. The predicted octanol–water partition coefficient (Wildman–Crippen LogP) is 14.2. The van der Waals surface area contributed by atoms with Crippen LogP contribution in [0.4, 0.5) is 0 Å². The summed E-state index contributed by atoms with van der Waals surface area (Å²) in [5, 5.41) is 33.6. The van der Waals surface area contributed by atoms with Crippen LogP contribution in [0.1, 0.15) is 258 Å². The van der Waals surface area contributed by atoms with E-state index in [2.05, 4.69) is 43.5 Å². The van der Waals surface area contributed by atoms with Crippen molar-refractivity contribution in [1.82, 2.24) is 5.32 Å². The molecule has 0 bridgehead atoms. The first-order valence-electron chi connectivity index (χ1n) is 24.1. The first kappa shape index (κ1) is 52.8. The van der Waals surface area contributed by atoms with Crippen molar-refractivity contribution in [3.63, 3.8) is 0 Å². The molecule has 3 unspecified atom stereocenters. The molecule has 0 saturated carbocycles. The third-order valence-corrected chi connectivity index (χ3v) is 11.3. The fraction of sp³-hybridized carbons (Fsp3) is 0.898. The average Bonchev–Trinajstić information content (AvgIpc) is 3.18. The molecule has 0 heterocycles. The molecule has 320 valence electrons. The van der Waals surface area contributed by atoms with E-state index in [0.29, 0.717) is 12.8 Å². The van der Waals surface area contributed by atoms with E-state index < -0.39 is 18.2 Å². The number of amides is 1. The molecule has 5 nitrogen and oxygen atoms in total. The third kappa shape index (κ3) is 39.1. The molecule has 3 atom stereocenters. The van der Waals surface area contributed by atoms with Crippen LogP contribution in [0.15, 0.2) is 24.3 Å². The molecule has 54 heavy (non-hydrogen) atoms. The molecule has 0 aromatic rings. The first-order chi connectivity index (χ1) is 26.6. The van der Waals surface area contributed by atoms with Gasteiger partial charge in [0.25, 0.3) is 0 Å². The van der Waals surface area contributed by atoms with Crippen molar-refractivity contribution in [1.29, 1.82) is 0 Å². The maximum atomic E-state index is 12.5. The van der Waals surface area contributed by atoms with Gasteiger partial charge >= 0.3 is 0 Å². The van der Waals surface area contributed by atoms with Gasteiger partial charge < -0.3 is 20.6 Å². The second kappa shape index (κ2) is 44.5. The standard InChI is InChI=1S/C49H95NO4/c1-3-5-7-9-11-13-15-17-19-21-23-24-25-26-28-30-32-34-36-38-40-42-44-48(53)50-46(45-51)49(54)47(52)43-41-39-37-35-33-31-29-27-22-20-18-16-14-12-10-8-6-4-2/h27,29,35,37,46-47,49,51-52,54H,3-26,28,30-34,36,38-45H2,1-2H3,(H,50,53)/b29-27+,37-35+. The lowest BCUT2D eigenvalue weighted by molar-refractivity contribution is -0.124. The van der Waals surface area contributed by atoms with Gasteiger partial charge in [-0.25, -0.2) is 0 Å². The van der Waals surface area contributed by atoms with Gasteiger partial charge in [-0.2, -0.15) is 0 Å². The molecule has 0 fully saturated rings. The number of nitrogens with one attached hydrogen (secondary N) is 1. The lowest BCUT2D eigenvalue weighted by Gasteiger charge is -2.26. The number of allylic oxidation sites excluding steroid dienone is 4. The highest BCUT2D eigenvalue weighted by atomic mass is 16.3. The minimum atomic E-state index is -1.16. The molecule has 0 rings (SSSR count). The Morgan fingerprint density at radius 3 is 1.13 bits per heavy atom. The molecule has 0 aliphatic rings. The zero-order valence-corrected chi connectivity index (χ0v) is 36.4. The van der Waals surface area contributed by atoms with Gasteiger partial charge in [-0.1, -0.05) is 224 Å². The number of unbranched alkanes of at least 4 members (excludes halogenated alkanes) is 32. The summed E-state index contributed by atoms with van der Waals surface area (Å²) in [5.74, 6) is -0.154. The number of rotatable bonds is 44. The number of carbonyl (C=O) groups excluding carboxylic acids is 1. The molecule has 0 saturated heterocycles. The van der Waals surface area contributed by atoms with Crippen LogP contribution in [-0.2, 0) is 4.79 Å². The summed E-state index contributed by atoms with van der Waals surface area (Å²) < 4.78 is 0. The smallest absolute Gasteiger partial charge is 0.220 e. The van der Waals surface area contributed by atoms with Crippen LogP contribution in [0.2, 0.25) is 0 Å². The van der Waals surface area contributed by atoms with Gasteiger partial charge in [0.15, 0.2) is 0 Å². The maximum absolute atomic E-state index is 12.5. The van der Waals surface area contributed by atoms with Crippen LogP contribution in [0, 0.1) is 0 Å². The van der Waals surface area contributed by atoms with E-state index in [0.717, 1.165) is 44.9 Å². The first-order valence-corrected chi connectivity index (χ1v) is 24.1. The van der Waals surface area contributed by atoms with Crippen LogP contribution < -0.4 is 5.32 Å². The summed E-state index contributed by atoms with van der Waals surface area (Å²) >= 11 is 0. The van der Waals surface area contributed by atoms with E-state index in [9.17, 15) is 20.1 Å². The monoisotopic (exact) mass is 762 g/mol. The highest BCUT2D eigenvalue weighted by molar-refractivity contribution is 5.76. The van der Waals surface area contributed by atoms with Gasteiger partial charge in [-0.05, 0) is 51.4 Å². The number of aliphatic hydroxyl groups is 3. The van der Waals surface area contributed by atoms with Crippen molar-refractivity contribution < 1.29 is 20.1 Å². The van der Waals surface area contributed by atoms with E-state index in [-0.39, 0.29) is 12.5 Å². The lowest BCUT2D eigenvalue weighted by Crippen LogP contribution is -2.50. The van der Waals surface area contributed by atoms with Crippen molar-refractivity contribution in [3.05, 3.63) is 24.3 Å². The van der Waals surface area contributed by atoms with Gasteiger partial charge in [0.1, 0.15) is 6.10 Å². The summed E-state index contributed by atoms with van der Waals surface area (Å²) in [6.45, 7) is 4.18. The highest BCUT2D eigenvalue weighted by Gasteiger charge is 2.26. The molecule has 0 spiro atoms. The molecule has 1 amide bonds. The van der Waals surface area contributed by atoms with Crippen molar-refractivity contribution in [3.8, 4) is 0 Å². The molecule has 0 radical (unpaired) electrons. The SMILES string of the molecule is CCCCCCCCCCC/C=C/CC/C=C/CCCC(O)C(O)C(CO)NC(=O)CCCCCCCCCCCCCCCCCCCCCCCC. The van der Waals surface area contributed by atoms with Gasteiger partial charge in [0, 0.05) is 6.42 Å². The number of hydrogen-bond acceptors (Lipinski definition) is 4. The quantitative estimate of drug-likeness (QED) is 0.0368. The summed E-state index contributed by atoms with van der Waals surface area (Å²) in [6, 6.07) is -0.829. The Morgan fingerprint density at radius 2 is 0.759 bits per heavy atom. The summed E-state index contributed by atoms with van der Waals surface area (Å²) in [7, 11) is 0. The zero-order valence-electron chi connectivity index (χ0n) is 36.4. The minimum absolute atomic E-state index is 0.154. The molecule has 0 aromatic carbocycles. The minimum Gasteiger partial charge on any atom is -0.394 e. The van der Waals surface area contributed by atoms with E-state index in [1.165, 1.54) is 186 Å². The van der Waals surface area contributed by atoms with Crippen molar-refractivity contribution in [2.45, 2.75) is 276 Å². The Bertz CT molecular complexity index is 799. The largest absolute Gasteiger partial charge is 0.394 e. The van der Waals surface area contributed by atoms with Gasteiger partial charge in [-0.15, -0.1) is 0 Å². The number of hydrogen-bond donors (Lipinski definition) is 4. The van der Waals surface area contributed by atoms with Gasteiger partial charge in [0.2, 0.25) is 5.91 Å². The fourth-order valence-corrected chi connectivity index (χ4v) is 7.53. The Hall–Kier alpha value is -1.17. The zero-order chi connectivity index (χ0) is 39.4. The van der Waals surface area contributed by atoms with Crippen LogP contribution in [0.25, 0.3) is 0 Å². The van der Waals surface area contributed by atoms with Gasteiger partial charge in [0.05, 0.1) is 18.8 Å². The summed E-state index contributed by atoms with van der Waals surface area (Å²) in [4.78, 5) is 12.5. The molecule has 5 heteroatoms. The van der Waals surface area contributed by atoms with Gasteiger partial charge in [-0.3, -0.25) is 4.79 Å². The van der Waals surface area contributed by atoms with Crippen LogP contribution in [-0.4, -0.2) is 46.1 Å². The Morgan fingerprint density at radius 1 is 0.444 bits per heavy atom. The summed E-state index contributed by atoms with van der Waals surface area (Å²) in [5.41, 5.74) is 0. The topological polar surface area (TPSA) is 89.8 Å². The third-order valence-electron chi connectivity index (χ3n) is 11.3. The van der Waals surface area contributed by atoms with E-state index in [4.69, 9.17) is 0 Å². The predicted molar refractivity (Wildman–Crippen MR) is 236 cm³/mol. The Kier molecular flexibility index (Phi) is 43.6. The number of carbonyl (C=O) groups is 1. The highest BCUT2D eigenvalue weighted by Crippen LogP contribution is 2.16. The van der Waals surface area contributed by atoms with E-state index in [1.807, 2.05) is 0 Å². The van der Waals surface area contributed by atoms with Crippen molar-refractivity contribution in [2.24, 2.45) is 0 Å². The molecular weight excluding hydrogens is 667 g/mol. The van der Waals surface area contributed by atoms with E-state index >= 15 is 0 Å². The normalized spacial score (nSPS) is 13.6. The van der Waals surface area contributed by atoms with Crippen molar-refractivity contribution >= 4 is 5.91 Å². The van der Waals surface area contributed by atoms with Crippen LogP contribution >= 0.6 is 0 Å².